The van der Waals surface area contributed by atoms with Crippen molar-refractivity contribution in [3.63, 3.8) is 0 Å². The van der Waals surface area contributed by atoms with Crippen LogP contribution in [0.1, 0.15) is 37.7 Å². The summed E-state index contributed by atoms with van der Waals surface area (Å²) in [6, 6.07) is 1.66. The average Bonchev–Trinajstić information content (AvgIpc) is 2.91. The minimum absolute atomic E-state index is 0.112. The Hall–Kier alpha value is -1.63. The molecular formula is C21H28Cl2N4O2. The third-order valence-electron chi connectivity index (χ3n) is 5.49. The molecule has 3 heterocycles. The molecule has 1 aromatic rings. The summed E-state index contributed by atoms with van der Waals surface area (Å²) in [5.74, 6) is 0.0237. The molecule has 0 N–H and O–H groups in total. The number of aromatic nitrogens is 1. The number of hydrogen-bond donors (Lipinski definition) is 0. The van der Waals surface area contributed by atoms with Crippen LogP contribution in [-0.2, 0) is 9.59 Å². The van der Waals surface area contributed by atoms with E-state index in [-0.39, 0.29) is 17.0 Å². The molecule has 1 aromatic heterocycles. The van der Waals surface area contributed by atoms with Crippen molar-refractivity contribution in [2.75, 3.05) is 45.8 Å². The van der Waals surface area contributed by atoms with E-state index >= 15 is 0 Å². The van der Waals surface area contributed by atoms with Gasteiger partial charge in [-0.15, -0.1) is 0 Å². The Balaban J connectivity index is 1.47. The predicted octanol–water partition coefficient (Wildman–Crippen LogP) is 3.34. The minimum atomic E-state index is -0.112. The molecule has 29 heavy (non-hydrogen) atoms. The zero-order chi connectivity index (χ0) is 20.6. The fourth-order valence-electron chi connectivity index (χ4n) is 3.79. The summed E-state index contributed by atoms with van der Waals surface area (Å²) in [4.78, 5) is 35.1. The highest BCUT2D eigenvalue weighted by atomic mass is 35.5. The Morgan fingerprint density at radius 2 is 1.86 bits per heavy atom. The first-order chi connectivity index (χ1) is 14.0. The summed E-state index contributed by atoms with van der Waals surface area (Å²) < 4.78 is 0. The summed E-state index contributed by atoms with van der Waals surface area (Å²) in [7, 11) is 0. The standard InChI is InChI=1S/C21H28Cl2N4O2/c22-18-15-17(16-24-21(18)23)5-6-19(28)27-12-7-20(29)26(13-14-27)11-4-10-25-8-2-1-3-9-25/h5-6,15-16H,1-4,7-14H2/b6-5+. The van der Waals surface area contributed by atoms with E-state index in [1.54, 1.807) is 23.2 Å². The van der Waals surface area contributed by atoms with Gasteiger partial charge in [-0.3, -0.25) is 9.59 Å². The van der Waals surface area contributed by atoms with Gasteiger partial charge in [0.2, 0.25) is 11.8 Å². The fraction of sp³-hybridized carbons (Fsp3) is 0.571. The Bertz CT molecular complexity index is 750. The number of carbonyl (C=O) groups is 2. The van der Waals surface area contributed by atoms with Crippen LogP contribution in [0.5, 0.6) is 0 Å². The van der Waals surface area contributed by atoms with E-state index in [1.807, 2.05) is 4.90 Å². The van der Waals surface area contributed by atoms with Crippen molar-refractivity contribution in [1.82, 2.24) is 19.7 Å². The fourth-order valence-corrected chi connectivity index (χ4v) is 4.07. The van der Waals surface area contributed by atoms with Gasteiger partial charge >= 0.3 is 0 Å². The van der Waals surface area contributed by atoms with Crippen LogP contribution in [0, 0.1) is 0 Å². The van der Waals surface area contributed by atoms with Gasteiger partial charge < -0.3 is 14.7 Å². The maximum Gasteiger partial charge on any atom is 0.246 e. The smallest absolute Gasteiger partial charge is 0.246 e. The third kappa shape index (κ3) is 6.69. The summed E-state index contributed by atoms with van der Waals surface area (Å²) in [5, 5.41) is 0.586. The molecule has 2 saturated heterocycles. The molecule has 2 aliphatic heterocycles. The van der Waals surface area contributed by atoms with Crippen LogP contribution in [0.2, 0.25) is 10.2 Å². The summed E-state index contributed by atoms with van der Waals surface area (Å²) in [6.07, 6.45) is 9.99. The van der Waals surface area contributed by atoms with Gasteiger partial charge in [-0.25, -0.2) is 4.98 Å². The van der Waals surface area contributed by atoms with E-state index in [9.17, 15) is 9.59 Å². The zero-order valence-corrected chi connectivity index (χ0v) is 18.2. The normalized spacial score (nSPS) is 19.0. The van der Waals surface area contributed by atoms with Gasteiger partial charge in [-0.1, -0.05) is 29.6 Å². The molecule has 6 nitrogen and oxygen atoms in total. The molecule has 0 bridgehead atoms. The highest BCUT2D eigenvalue weighted by Crippen LogP contribution is 2.20. The van der Waals surface area contributed by atoms with Crippen LogP contribution in [0.3, 0.4) is 0 Å². The number of carbonyl (C=O) groups excluding carboxylic acids is 2. The topological polar surface area (TPSA) is 56.8 Å². The first-order valence-corrected chi connectivity index (χ1v) is 11.1. The molecule has 0 radical (unpaired) electrons. The molecule has 0 unspecified atom stereocenters. The molecule has 2 aliphatic rings. The maximum absolute atomic E-state index is 12.5. The van der Waals surface area contributed by atoms with Crippen LogP contribution in [0.15, 0.2) is 18.3 Å². The summed E-state index contributed by atoms with van der Waals surface area (Å²) in [5.41, 5.74) is 0.706. The number of piperidine rings is 1. The van der Waals surface area contributed by atoms with Gasteiger partial charge in [-0.05, 0) is 56.6 Å². The quantitative estimate of drug-likeness (QED) is 0.504. The SMILES string of the molecule is O=C(/C=C/c1cnc(Cl)c(Cl)c1)N1CCC(=O)N(CCCN2CCCCC2)CC1. The number of likely N-dealkylation sites (tertiary alicyclic amines) is 1. The van der Waals surface area contributed by atoms with E-state index in [0.29, 0.717) is 36.6 Å². The van der Waals surface area contributed by atoms with Crippen molar-refractivity contribution in [2.24, 2.45) is 0 Å². The third-order valence-corrected chi connectivity index (χ3v) is 6.17. The maximum atomic E-state index is 12.5. The second-order valence-corrected chi connectivity index (χ2v) is 8.35. The highest BCUT2D eigenvalue weighted by Gasteiger charge is 2.22. The number of halogens is 2. The monoisotopic (exact) mass is 438 g/mol. The zero-order valence-electron chi connectivity index (χ0n) is 16.7. The number of pyridine rings is 1. The minimum Gasteiger partial charge on any atom is -0.341 e. The van der Waals surface area contributed by atoms with Crippen molar-refractivity contribution in [2.45, 2.75) is 32.1 Å². The van der Waals surface area contributed by atoms with Gasteiger partial charge in [0.05, 0.1) is 5.02 Å². The van der Waals surface area contributed by atoms with E-state index in [1.165, 1.54) is 38.4 Å². The van der Waals surface area contributed by atoms with Gasteiger partial charge in [-0.2, -0.15) is 0 Å². The Labute approximate surface area is 182 Å². The Morgan fingerprint density at radius 3 is 2.62 bits per heavy atom. The summed E-state index contributed by atoms with van der Waals surface area (Å²) in [6.45, 7) is 5.76. The second kappa shape index (κ2) is 11.0. The van der Waals surface area contributed by atoms with E-state index in [4.69, 9.17) is 23.2 Å². The first-order valence-electron chi connectivity index (χ1n) is 10.3. The lowest BCUT2D eigenvalue weighted by molar-refractivity contribution is -0.130. The number of nitrogens with zero attached hydrogens (tertiary/aromatic N) is 4. The van der Waals surface area contributed by atoms with Crippen LogP contribution in [-0.4, -0.2) is 77.3 Å². The van der Waals surface area contributed by atoms with Crippen LogP contribution in [0.4, 0.5) is 0 Å². The number of rotatable bonds is 6. The molecule has 8 heteroatoms. The van der Waals surface area contributed by atoms with Crippen molar-refractivity contribution in [1.29, 1.82) is 0 Å². The lowest BCUT2D eigenvalue weighted by atomic mass is 10.1. The van der Waals surface area contributed by atoms with Crippen molar-refractivity contribution >= 4 is 41.1 Å². The van der Waals surface area contributed by atoms with Crippen LogP contribution in [0.25, 0.3) is 6.08 Å². The number of hydrogen-bond acceptors (Lipinski definition) is 4. The van der Waals surface area contributed by atoms with Crippen molar-refractivity contribution < 1.29 is 9.59 Å². The lowest BCUT2D eigenvalue weighted by Crippen LogP contribution is -2.37. The van der Waals surface area contributed by atoms with Crippen LogP contribution < -0.4 is 0 Å². The predicted molar refractivity (Wildman–Crippen MR) is 116 cm³/mol. The molecule has 0 aromatic carbocycles. The Morgan fingerprint density at radius 1 is 1.07 bits per heavy atom. The highest BCUT2D eigenvalue weighted by molar-refractivity contribution is 6.41. The second-order valence-electron chi connectivity index (χ2n) is 7.59. The van der Waals surface area contributed by atoms with E-state index in [0.717, 1.165) is 19.5 Å². The van der Waals surface area contributed by atoms with E-state index in [2.05, 4.69) is 9.88 Å². The molecule has 0 spiro atoms. The summed E-state index contributed by atoms with van der Waals surface area (Å²) >= 11 is 11.8. The largest absolute Gasteiger partial charge is 0.341 e. The van der Waals surface area contributed by atoms with Crippen molar-refractivity contribution in [3.05, 3.63) is 34.1 Å². The molecule has 0 aliphatic carbocycles. The van der Waals surface area contributed by atoms with Gasteiger partial charge in [0.15, 0.2) is 0 Å². The molecular weight excluding hydrogens is 411 g/mol. The first kappa shape index (κ1) is 22.1. The average molecular weight is 439 g/mol. The molecule has 0 atom stereocenters. The molecule has 3 rings (SSSR count). The lowest BCUT2D eigenvalue weighted by Gasteiger charge is -2.28. The molecule has 0 saturated carbocycles. The molecule has 2 amide bonds. The Kier molecular flexibility index (Phi) is 8.33. The van der Waals surface area contributed by atoms with Gasteiger partial charge in [0.1, 0.15) is 5.15 Å². The van der Waals surface area contributed by atoms with Gasteiger partial charge in [0, 0.05) is 44.9 Å². The molecule has 2 fully saturated rings. The van der Waals surface area contributed by atoms with Crippen LogP contribution >= 0.6 is 23.2 Å². The van der Waals surface area contributed by atoms with E-state index < -0.39 is 0 Å². The molecule has 158 valence electrons. The number of amides is 2. The van der Waals surface area contributed by atoms with Crippen molar-refractivity contribution in [3.8, 4) is 0 Å². The van der Waals surface area contributed by atoms with Gasteiger partial charge in [0.25, 0.3) is 0 Å².